The Morgan fingerprint density at radius 3 is 2.41 bits per heavy atom. The van der Waals surface area contributed by atoms with Gasteiger partial charge in [-0.25, -0.2) is 0 Å². The molecule has 0 aliphatic rings. The molecule has 0 unspecified atom stereocenters. The molecule has 0 spiro atoms. The van der Waals surface area contributed by atoms with Crippen molar-refractivity contribution in [2.24, 2.45) is 5.41 Å². The molecule has 5 heteroatoms. The number of hydrogen-bond donors (Lipinski definition) is 0. The first-order valence-corrected chi connectivity index (χ1v) is 14.6. The standard InChI is InChI=1S/C30H25N2O.C11H8N.Ir/c1-19-18-32-27(15-26(19)22-11-8-20(9-12-22)16-30(2,3)4)25-7-5-6-24-23-13-10-21(17-31)14-28(23)33-29(24)25;1-2-6-10(7-3-1)11-8-4-5-9-12-11;/h5-6,8-15,18H,16H2,1-4H3;1-6,8-9H;/q2*-1;/i1D3,11D,12D;;. The predicted molar refractivity (Wildman–Crippen MR) is 182 cm³/mol. The van der Waals surface area contributed by atoms with Gasteiger partial charge in [0.05, 0.1) is 20.0 Å². The summed E-state index contributed by atoms with van der Waals surface area (Å²) in [5.74, 6) is 0. The number of nitrogens with zero attached hydrogens (tertiary/aromatic N) is 3. The van der Waals surface area contributed by atoms with Gasteiger partial charge in [-0.2, -0.15) is 5.26 Å². The number of benzene rings is 4. The van der Waals surface area contributed by atoms with Crippen molar-refractivity contribution in [2.75, 3.05) is 0 Å². The second-order valence-electron chi connectivity index (χ2n) is 11.9. The summed E-state index contributed by atoms with van der Waals surface area (Å²) < 4.78 is 47.9. The Hall–Kier alpha value is -4.88. The molecule has 0 aliphatic heterocycles. The zero-order valence-electron chi connectivity index (χ0n) is 30.6. The van der Waals surface area contributed by atoms with E-state index < -0.39 is 6.85 Å². The summed E-state index contributed by atoms with van der Waals surface area (Å²) in [6.07, 6.45) is 3.77. The third-order valence-corrected chi connectivity index (χ3v) is 7.18. The van der Waals surface area contributed by atoms with Crippen LogP contribution in [0.25, 0.3) is 55.6 Å². The van der Waals surface area contributed by atoms with Crippen molar-refractivity contribution in [2.45, 2.75) is 34.0 Å². The van der Waals surface area contributed by atoms with Crippen LogP contribution in [0.4, 0.5) is 0 Å². The molecule has 7 rings (SSSR count). The summed E-state index contributed by atoms with van der Waals surface area (Å²) in [6.45, 7) is 3.78. The molecule has 229 valence electrons. The van der Waals surface area contributed by atoms with E-state index in [0.29, 0.717) is 34.4 Å². The van der Waals surface area contributed by atoms with Gasteiger partial charge in [0.2, 0.25) is 0 Å². The van der Waals surface area contributed by atoms with E-state index in [0.717, 1.165) is 27.6 Å². The molecule has 0 saturated carbocycles. The summed E-state index contributed by atoms with van der Waals surface area (Å²) in [6, 6.07) is 36.1. The van der Waals surface area contributed by atoms with E-state index in [1.807, 2.05) is 54.6 Å². The number of aromatic nitrogens is 2. The van der Waals surface area contributed by atoms with Gasteiger partial charge >= 0.3 is 0 Å². The average Bonchev–Trinajstić information content (AvgIpc) is 3.46. The van der Waals surface area contributed by atoms with Gasteiger partial charge in [0.25, 0.3) is 0 Å². The molecule has 0 atom stereocenters. The van der Waals surface area contributed by atoms with Crippen molar-refractivity contribution in [1.82, 2.24) is 9.97 Å². The van der Waals surface area contributed by atoms with Crippen LogP contribution >= 0.6 is 0 Å². The van der Waals surface area contributed by atoms with Gasteiger partial charge in [-0.05, 0) is 70.5 Å². The minimum Gasteiger partial charge on any atom is -0.501 e. The molecule has 3 aromatic heterocycles. The fourth-order valence-electron chi connectivity index (χ4n) is 5.16. The number of nitriles is 1. The minimum atomic E-state index is -2.49. The first kappa shape index (κ1) is 26.3. The van der Waals surface area contributed by atoms with Gasteiger partial charge in [0.1, 0.15) is 5.58 Å². The second kappa shape index (κ2) is 14.0. The van der Waals surface area contributed by atoms with Crippen molar-refractivity contribution >= 4 is 21.9 Å². The zero-order chi connectivity index (χ0) is 35.6. The van der Waals surface area contributed by atoms with E-state index in [2.05, 4.69) is 48.9 Å². The van der Waals surface area contributed by atoms with Crippen molar-refractivity contribution < 1.29 is 31.4 Å². The topological polar surface area (TPSA) is 62.7 Å². The van der Waals surface area contributed by atoms with Crippen LogP contribution in [0, 0.1) is 35.7 Å². The molecule has 0 N–H and O–H groups in total. The molecule has 4 nitrogen and oxygen atoms in total. The maximum atomic E-state index is 9.27. The summed E-state index contributed by atoms with van der Waals surface area (Å²) in [5, 5.41) is 10.9. The van der Waals surface area contributed by atoms with E-state index in [1.54, 1.807) is 42.6 Å². The number of hydrogen-bond acceptors (Lipinski definition) is 4. The fraction of sp³-hybridized carbons (Fsp3) is 0.146. The van der Waals surface area contributed by atoms with Gasteiger partial charge in [-0.15, -0.1) is 54.1 Å². The molecule has 0 amide bonds. The van der Waals surface area contributed by atoms with Crippen LogP contribution < -0.4 is 0 Å². The number of aryl methyl sites for hydroxylation is 1. The van der Waals surface area contributed by atoms with Gasteiger partial charge in [-0.1, -0.05) is 80.2 Å². The molecule has 1 radical (unpaired) electrons. The number of rotatable bonds is 4. The van der Waals surface area contributed by atoms with Crippen LogP contribution in [0.5, 0.6) is 0 Å². The second-order valence-corrected chi connectivity index (χ2v) is 11.9. The van der Waals surface area contributed by atoms with Gasteiger partial charge < -0.3 is 14.4 Å². The van der Waals surface area contributed by atoms with Crippen LogP contribution in [0.1, 0.15) is 44.3 Å². The average molecular weight is 781 g/mol. The monoisotopic (exact) mass is 781 g/mol. The Balaban J connectivity index is 0.000000327. The van der Waals surface area contributed by atoms with Crippen molar-refractivity contribution in [1.29, 1.82) is 5.26 Å². The Bertz CT molecular complexity index is 2300. The Labute approximate surface area is 291 Å². The third kappa shape index (κ3) is 7.32. The van der Waals surface area contributed by atoms with E-state index in [1.165, 1.54) is 6.20 Å². The van der Waals surface area contributed by atoms with Gasteiger partial charge in [0.15, 0.2) is 0 Å². The predicted octanol–water partition coefficient (Wildman–Crippen LogP) is 10.4. The molecule has 4 aromatic carbocycles. The first-order valence-electron chi connectivity index (χ1n) is 17.1. The molecule has 0 saturated heterocycles. The molecule has 7 aromatic rings. The molecular weight excluding hydrogens is 743 g/mol. The van der Waals surface area contributed by atoms with E-state index in [4.69, 9.17) is 11.3 Å². The maximum Gasteiger partial charge on any atom is 0.122 e. The Kier molecular flexibility index (Phi) is 8.04. The maximum absolute atomic E-state index is 9.27. The fourth-order valence-corrected chi connectivity index (χ4v) is 5.16. The summed E-state index contributed by atoms with van der Waals surface area (Å²) in [4.78, 5) is 8.67. The van der Waals surface area contributed by atoms with Crippen molar-refractivity contribution in [3.63, 3.8) is 0 Å². The van der Waals surface area contributed by atoms with Crippen LogP contribution in [-0.4, -0.2) is 9.97 Å². The quantitative estimate of drug-likeness (QED) is 0.167. The molecule has 0 fully saturated rings. The normalized spacial score (nSPS) is 12.8. The van der Waals surface area contributed by atoms with Crippen LogP contribution in [0.15, 0.2) is 120 Å². The summed E-state index contributed by atoms with van der Waals surface area (Å²) in [5.41, 5.74) is 5.80. The van der Waals surface area contributed by atoms with Gasteiger partial charge in [0, 0.05) is 42.0 Å². The number of pyridine rings is 2. The summed E-state index contributed by atoms with van der Waals surface area (Å²) in [7, 11) is 0. The molecule has 46 heavy (non-hydrogen) atoms. The van der Waals surface area contributed by atoms with Crippen LogP contribution in [0.3, 0.4) is 0 Å². The molecule has 0 bridgehead atoms. The third-order valence-electron chi connectivity index (χ3n) is 7.18. The molecule has 3 heterocycles. The number of furan rings is 1. The van der Waals surface area contributed by atoms with E-state index in [-0.39, 0.29) is 54.3 Å². The zero-order valence-corrected chi connectivity index (χ0v) is 28.0. The number of fused-ring (bicyclic) bond motifs is 3. The van der Waals surface area contributed by atoms with E-state index in [9.17, 15) is 5.26 Å². The first-order chi connectivity index (χ1) is 23.8. The Morgan fingerprint density at radius 1 is 0.891 bits per heavy atom. The largest absolute Gasteiger partial charge is 0.501 e. The summed E-state index contributed by atoms with van der Waals surface area (Å²) >= 11 is 0. The SMILES string of the molecule is [2H]c1cc(CC(C)(C)C)cc([2H])c1-c1cc(-c2[c-]ccc3c2oc2cc(C#N)ccc23)ncc1C([2H])([2H])[2H].[Ir].[c-]1ccccc1-c1ccccn1. The Morgan fingerprint density at radius 2 is 1.72 bits per heavy atom. The minimum absolute atomic E-state index is 0. The smallest absolute Gasteiger partial charge is 0.122 e. The molecular formula is C41H33IrN3O-2. The van der Waals surface area contributed by atoms with Gasteiger partial charge in [-0.3, -0.25) is 0 Å². The molecule has 0 aliphatic carbocycles. The van der Waals surface area contributed by atoms with Crippen molar-refractivity contribution in [3.05, 3.63) is 144 Å². The van der Waals surface area contributed by atoms with E-state index >= 15 is 0 Å². The van der Waals surface area contributed by atoms with Crippen LogP contribution in [-0.2, 0) is 26.5 Å². The van der Waals surface area contributed by atoms with Crippen LogP contribution in [0.2, 0.25) is 0 Å². The van der Waals surface area contributed by atoms with Crippen molar-refractivity contribution in [3.8, 4) is 39.7 Å².